The van der Waals surface area contributed by atoms with E-state index in [9.17, 15) is 9.59 Å². The van der Waals surface area contributed by atoms with Crippen LogP contribution in [0, 0.1) is 0 Å². The maximum atomic E-state index is 11.6. The molecular weight excluding hydrogens is 364 g/mol. The third-order valence-corrected chi connectivity index (χ3v) is 4.06. The molecule has 0 unspecified atom stereocenters. The Morgan fingerprint density at radius 2 is 1.61 bits per heavy atom. The molecule has 1 saturated carbocycles. The summed E-state index contributed by atoms with van der Waals surface area (Å²) < 4.78 is 11.7. The predicted molar refractivity (Wildman–Crippen MR) is 88.7 cm³/mol. The predicted octanol–water partition coefficient (Wildman–Crippen LogP) is 2.32. The molecule has 23 heavy (non-hydrogen) atoms. The van der Waals surface area contributed by atoms with Crippen molar-refractivity contribution in [1.29, 1.82) is 0 Å². The van der Waals surface area contributed by atoms with Gasteiger partial charge in [-0.2, -0.15) is 0 Å². The molecule has 1 aliphatic rings. The van der Waals surface area contributed by atoms with E-state index in [0.29, 0.717) is 5.75 Å². The van der Waals surface area contributed by atoms with Crippen molar-refractivity contribution in [1.82, 2.24) is 10.9 Å². The van der Waals surface area contributed by atoms with Gasteiger partial charge in [0.2, 0.25) is 0 Å². The Hall–Kier alpha value is -1.60. The van der Waals surface area contributed by atoms with E-state index in [1.807, 2.05) is 12.1 Å². The number of carbonyl (C=O) groups is 2. The van der Waals surface area contributed by atoms with Gasteiger partial charge >= 0.3 is 0 Å². The molecule has 2 amide bonds. The first-order valence-corrected chi connectivity index (χ1v) is 8.50. The molecule has 0 aliphatic heterocycles. The topological polar surface area (TPSA) is 76.7 Å². The van der Waals surface area contributed by atoms with E-state index in [-0.39, 0.29) is 25.2 Å². The van der Waals surface area contributed by atoms with Crippen LogP contribution in [0.5, 0.6) is 5.75 Å². The van der Waals surface area contributed by atoms with Gasteiger partial charge in [0.1, 0.15) is 12.4 Å². The van der Waals surface area contributed by atoms with Gasteiger partial charge in [0.05, 0.1) is 6.10 Å². The molecule has 126 valence electrons. The molecule has 0 atom stereocenters. The number of benzene rings is 1. The minimum Gasteiger partial charge on any atom is -0.484 e. The number of hydrazine groups is 1. The molecular formula is C16H21BrN2O4. The van der Waals surface area contributed by atoms with Gasteiger partial charge in [0, 0.05) is 4.47 Å². The number of rotatable bonds is 6. The van der Waals surface area contributed by atoms with Crippen molar-refractivity contribution in [3.8, 4) is 5.75 Å². The van der Waals surface area contributed by atoms with Crippen molar-refractivity contribution in [2.45, 2.75) is 38.2 Å². The van der Waals surface area contributed by atoms with Gasteiger partial charge in [-0.05, 0) is 37.1 Å². The number of amides is 2. The maximum absolute atomic E-state index is 11.6. The quantitative estimate of drug-likeness (QED) is 0.737. The highest BCUT2D eigenvalue weighted by Gasteiger charge is 2.15. The second-order valence-electron chi connectivity index (χ2n) is 5.41. The SMILES string of the molecule is O=C(COc1ccc(Br)cc1)NNC(=O)COC1CCCCC1. The molecule has 0 heterocycles. The molecule has 2 rings (SSSR count). The maximum Gasteiger partial charge on any atom is 0.276 e. The van der Waals surface area contributed by atoms with Gasteiger partial charge in [0.15, 0.2) is 6.61 Å². The van der Waals surface area contributed by atoms with Crippen molar-refractivity contribution in [2.24, 2.45) is 0 Å². The monoisotopic (exact) mass is 384 g/mol. The van der Waals surface area contributed by atoms with Crippen LogP contribution in [0.4, 0.5) is 0 Å². The van der Waals surface area contributed by atoms with E-state index >= 15 is 0 Å². The molecule has 1 aliphatic carbocycles. The third kappa shape index (κ3) is 7.00. The molecule has 1 fully saturated rings. The first-order valence-electron chi connectivity index (χ1n) is 7.71. The third-order valence-electron chi connectivity index (χ3n) is 3.53. The molecule has 0 radical (unpaired) electrons. The summed E-state index contributed by atoms with van der Waals surface area (Å²) in [5.74, 6) is -0.221. The summed E-state index contributed by atoms with van der Waals surface area (Å²) in [6, 6.07) is 7.12. The van der Waals surface area contributed by atoms with Gasteiger partial charge in [-0.1, -0.05) is 35.2 Å². The van der Waals surface area contributed by atoms with E-state index in [2.05, 4.69) is 26.8 Å². The van der Waals surface area contributed by atoms with E-state index in [1.54, 1.807) is 12.1 Å². The fraction of sp³-hybridized carbons (Fsp3) is 0.500. The highest BCUT2D eigenvalue weighted by atomic mass is 79.9. The van der Waals surface area contributed by atoms with Crippen LogP contribution < -0.4 is 15.6 Å². The summed E-state index contributed by atoms with van der Waals surface area (Å²) in [5, 5.41) is 0. The second kappa shape index (κ2) is 9.52. The zero-order valence-electron chi connectivity index (χ0n) is 12.8. The van der Waals surface area contributed by atoms with Gasteiger partial charge in [-0.25, -0.2) is 0 Å². The van der Waals surface area contributed by atoms with Crippen LogP contribution in [0.2, 0.25) is 0 Å². The van der Waals surface area contributed by atoms with E-state index in [1.165, 1.54) is 6.42 Å². The Balaban J connectivity index is 1.57. The fourth-order valence-electron chi connectivity index (χ4n) is 2.32. The summed E-state index contributed by atoms with van der Waals surface area (Å²) in [6.07, 6.45) is 5.69. The Bertz CT molecular complexity index is 515. The molecule has 6 nitrogen and oxygen atoms in total. The lowest BCUT2D eigenvalue weighted by Crippen LogP contribution is -2.45. The van der Waals surface area contributed by atoms with Crippen molar-refractivity contribution >= 4 is 27.7 Å². The minimum absolute atomic E-state index is 0.0431. The van der Waals surface area contributed by atoms with Crippen molar-refractivity contribution in [2.75, 3.05) is 13.2 Å². The highest BCUT2D eigenvalue weighted by Crippen LogP contribution is 2.20. The van der Waals surface area contributed by atoms with Crippen molar-refractivity contribution < 1.29 is 19.1 Å². The van der Waals surface area contributed by atoms with E-state index < -0.39 is 5.91 Å². The van der Waals surface area contributed by atoms with Crippen molar-refractivity contribution in [3.05, 3.63) is 28.7 Å². The van der Waals surface area contributed by atoms with Crippen molar-refractivity contribution in [3.63, 3.8) is 0 Å². The molecule has 1 aromatic carbocycles. The number of carbonyl (C=O) groups excluding carboxylic acids is 2. The lowest BCUT2D eigenvalue weighted by molar-refractivity contribution is -0.134. The Kier molecular flexibility index (Phi) is 7.35. The van der Waals surface area contributed by atoms with Gasteiger partial charge < -0.3 is 9.47 Å². The minimum atomic E-state index is -0.432. The smallest absolute Gasteiger partial charge is 0.276 e. The van der Waals surface area contributed by atoms with Gasteiger partial charge in [0.25, 0.3) is 11.8 Å². The molecule has 7 heteroatoms. The fourth-order valence-corrected chi connectivity index (χ4v) is 2.58. The molecule has 0 bridgehead atoms. The van der Waals surface area contributed by atoms with Crippen LogP contribution >= 0.6 is 15.9 Å². The Labute approximate surface area is 144 Å². The lowest BCUT2D eigenvalue weighted by atomic mass is 9.98. The molecule has 0 aromatic heterocycles. The summed E-state index contributed by atoms with van der Waals surface area (Å²) in [4.78, 5) is 23.2. The molecule has 2 N–H and O–H groups in total. The zero-order chi connectivity index (χ0) is 16.5. The van der Waals surface area contributed by atoms with Gasteiger partial charge in [-0.15, -0.1) is 0 Å². The first-order chi connectivity index (χ1) is 11.1. The number of halogens is 1. The average Bonchev–Trinajstić information content (AvgIpc) is 2.58. The van der Waals surface area contributed by atoms with Crippen LogP contribution in [0.1, 0.15) is 32.1 Å². The Morgan fingerprint density at radius 3 is 2.26 bits per heavy atom. The number of nitrogens with one attached hydrogen (secondary N) is 2. The van der Waals surface area contributed by atoms with Crippen LogP contribution in [0.15, 0.2) is 28.7 Å². The normalized spacial score (nSPS) is 15.0. The van der Waals surface area contributed by atoms with E-state index in [0.717, 1.165) is 30.2 Å². The van der Waals surface area contributed by atoms with Crippen LogP contribution in [0.3, 0.4) is 0 Å². The standard InChI is InChI=1S/C16H21BrN2O4/c17-12-6-8-14(9-7-12)23-11-16(21)19-18-15(20)10-22-13-4-2-1-3-5-13/h6-9,13H,1-5,10-11H2,(H,18,20)(H,19,21). The molecule has 0 spiro atoms. The lowest BCUT2D eigenvalue weighted by Gasteiger charge is -2.21. The summed E-state index contributed by atoms with van der Waals surface area (Å²) >= 11 is 3.32. The zero-order valence-corrected chi connectivity index (χ0v) is 14.4. The van der Waals surface area contributed by atoms with Crippen LogP contribution in [0.25, 0.3) is 0 Å². The highest BCUT2D eigenvalue weighted by molar-refractivity contribution is 9.10. The number of hydrogen-bond donors (Lipinski definition) is 2. The summed E-state index contributed by atoms with van der Waals surface area (Å²) in [6.45, 7) is -0.218. The largest absolute Gasteiger partial charge is 0.484 e. The number of ether oxygens (including phenoxy) is 2. The average molecular weight is 385 g/mol. The first kappa shape index (κ1) is 17.7. The summed E-state index contributed by atoms with van der Waals surface area (Å²) in [7, 11) is 0. The van der Waals surface area contributed by atoms with Gasteiger partial charge in [-0.3, -0.25) is 20.4 Å². The summed E-state index contributed by atoms with van der Waals surface area (Å²) in [5.41, 5.74) is 4.62. The second-order valence-corrected chi connectivity index (χ2v) is 6.33. The van der Waals surface area contributed by atoms with E-state index in [4.69, 9.17) is 9.47 Å². The molecule has 0 saturated heterocycles. The molecule has 1 aromatic rings. The number of hydrogen-bond acceptors (Lipinski definition) is 4. The van der Waals surface area contributed by atoms with Crippen LogP contribution in [-0.4, -0.2) is 31.1 Å². The Morgan fingerprint density at radius 1 is 1.00 bits per heavy atom. The van der Waals surface area contributed by atoms with Crippen LogP contribution in [-0.2, 0) is 14.3 Å².